The summed E-state index contributed by atoms with van der Waals surface area (Å²) < 4.78 is 33.4. The molecule has 1 saturated carbocycles. The molecule has 1 unspecified atom stereocenters. The van der Waals surface area contributed by atoms with Gasteiger partial charge in [-0.05, 0) is 61.2 Å². The predicted octanol–water partition coefficient (Wildman–Crippen LogP) is 4.23. The average molecular weight is 565 g/mol. The van der Waals surface area contributed by atoms with Gasteiger partial charge < -0.3 is 10.4 Å². The standard InChI is InChI=1S/C24H23ClN4O3.C2HF3O2/c1-14-9-18(29-13-17(25)12-28-29)10-15(2)21(14)22-20(30)11-16(23(22)31)6-8-27-24(32)19-5-3-4-7-26-19;3-2(4,5)1(6)7/h3-5,7,9-10,12-13,16,22H,6,8,11H2,1-2H3,(H,27,32);(H,6,7)/t16-,22?;/m1./s1. The minimum atomic E-state index is -5.08. The van der Waals surface area contributed by atoms with E-state index in [-0.39, 0.29) is 23.9 Å². The maximum Gasteiger partial charge on any atom is 0.490 e. The lowest BCUT2D eigenvalue weighted by atomic mass is 9.87. The van der Waals surface area contributed by atoms with Crippen LogP contribution in [0.4, 0.5) is 13.2 Å². The molecule has 0 bridgehead atoms. The zero-order valence-electron chi connectivity index (χ0n) is 20.8. The van der Waals surface area contributed by atoms with Gasteiger partial charge in [0.1, 0.15) is 17.4 Å². The summed E-state index contributed by atoms with van der Waals surface area (Å²) in [5.74, 6) is -4.37. The minimum absolute atomic E-state index is 0.0721. The van der Waals surface area contributed by atoms with Gasteiger partial charge in [-0.3, -0.25) is 19.4 Å². The van der Waals surface area contributed by atoms with Crippen LogP contribution in [0.3, 0.4) is 0 Å². The van der Waals surface area contributed by atoms with Crippen LogP contribution in [0, 0.1) is 19.8 Å². The van der Waals surface area contributed by atoms with Crippen molar-refractivity contribution in [1.82, 2.24) is 20.1 Å². The molecule has 206 valence electrons. The summed E-state index contributed by atoms with van der Waals surface area (Å²) in [6.45, 7) is 4.11. The molecule has 0 saturated heterocycles. The molecule has 0 spiro atoms. The highest BCUT2D eigenvalue weighted by atomic mass is 35.5. The Hall–Kier alpha value is -4.06. The molecule has 3 aromatic rings. The fraction of sp³-hybridized carbons (Fsp3) is 0.308. The molecule has 4 rings (SSSR count). The van der Waals surface area contributed by atoms with E-state index in [1.54, 1.807) is 41.5 Å². The lowest BCUT2D eigenvalue weighted by Gasteiger charge is -2.17. The molecular formula is C26H24ClF3N4O5. The number of aromatic nitrogens is 3. The number of benzene rings is 1. The highest BCUT2D eigenvalue weighted by molar-refractivity contribution is 6.30. The smallest absolute Gasteiger partial charge is 0.475 e. The van der Waals surface area contributed by atoms with Gasteiger partial charge >= 0.3 is 12.1 Å². The number of halogens is 4. The van der Waals surface area contributed by atoms with Crippen LogP contribution in [0.2, 0.25) is 5.02 Å². The van der Waals surface area contributed by atoms with E-state index in [1.165, 1.54) is 0 Å². The number of pyridine rings is 1. The van der Waals surface area contributed by atoms with Crippen molar-refractivity contribution in [2.75, 3.05) is 6.54 Å². The molecule has 0 radical (unpaired) electrons. The third-order valence-corrected chi connectivity index (χ3v) is 6.25. The number of amides is 1. The van der Waals surface area contributed by atoms with Gasteiger partial charge in [0, 0.05) is 31.3 Å². The number of rotatable bonds is 6. The SMILES string of the molecule is Cc1cc(-n2cc(Cl)cn2)cc(C)c1C1C(=O)C[C@@H](CCNC(=O)c2ccccn2)C1=O.O=C(O)C(F)(F)F. The number of carboxylic acids is 1. The number of aliphatic carboxylic acids is 1. The maximum atomic E-state index is 13.1. The van der Waals surface area contributed by atoms with Crippen molar-refractivity contribution in [1.29, 1.82) is 0 Å². The minimum Gasteiger partial charge on any atom is -0.475 e. The fourth-order valence-electron chi connectivity index (χ4n) is 4.33. The molecule has 9 nitrogen and oxygen atoms in total. The molecule has 2 aromatic heterocycles. The van der Waals surface area contributed by atoms with Crippen molar-refractivity contribution in [3.63, 3.8) is 0 Å². The van der Waals surface area contributed by atoms with E-state index in [0.717, 1.165) is 22.4 Å². The first-order chi connectivity index (χ1) is 18.3. The Labute approximate surface area is 226 Å². The van der Waals surface area contributed by atoms with Gasteiger partial charge in [0.2, 0.25) is 0 Å². The van der Waals surface area contributed by atoms with E-state index < -0.39 is 24.0 Å². The molecule has 1 fully saturated rings. The van der Waals surface area contributed by atoms with E-state index in [4.69, 9.17) is 21.5 Å². The van der Waals surface area contributed by atoms with E-state index in [0.29, 0.717) is 23.7 Å². The van der Waals surface area contributed by atoms with Crippen LogP contribution in [-0.2, 0) is 14.4 Å². The van der Waals surface area contributed by atoms with Crippen molar-refractivity contribution >= 4 is 35.0 Å². The molecule has 2 atom stereocenters. The number of carbonyl (C=O) groups excluding carboxylic acids is 3. The van der Waals surface area contributed by atoms with Crippen LogP contribution in [0.15, 0.2) is 48.9 Å². The summed E-state index contributed by atoms with van der Waals surface area (Å²) in [7, 11) is 0. The van der Waals surface area contributed by atoms with E-state index in [1.807, 2.05) is 26.0 Å². The van der Waals surface area contributed by atoms with Crippen LogP contribution in [0.5, 0.6) is 0 Å². The second kappa shape index (κ2) is 12.2. The van der Waals surface area contributed by atoms with Gasteiger partial charge in [-0.1, -0.05) is 17.7 Å². The quantitative estimate of drug-likeness (QED) is 0.428. The van der Waals surface area contributed by atoms with E-state index in [9.17, 15) is 27.6 Å². The topological polar surface area (TPSA) is 131 Å². The van der Waals surface area contributed by atoms with Crippen molar-refractivity contribution in [3.05, 3.63) is 76.3 Å². The van der Waals surface area contributed by atoms with Crippen LogP contribution in [0.1, 0.15) is 45.9 Å². The number of ketones is 2. The Morgan fingerprint density at radius 1 is 1.18 bits per heavy atom. The Kier molecular flexibility index (Phi) is 9.23. The van der Waals surface area contributed by atoms with Gasteiger partial charge in [0.25, 0.3) is 5.91 Å². The van der Waals surface area contributed by atoms with Crippen molar-refractivity contribution < 1.29 is 37.5 Å². The van der Waals surface area contributed by atoms with Gasteiger partial charge in [-0.2, -0.15) is 18.3 Å². The summed E-state index contributed by atoms with van der Waals surface area (Å²) >= 11 is 5.97. The van der Waals surface area contributed by atoms with Gasteiger partial charge in [-0.15, -0.1) is 0 Å². The average Bonchev–Trinajstić information content (AvgIpc) is 3.42. The number of carbonyl (C=O) groups is 4. The summed E-state index contributed by atoms with van der Waals surface area (Å²) in [6, 6.07) is 8.92. The highest BCUT2D eigenvalue weighted by Gasteiger charge is 2.43. The van der Waals surface area contributed by atoms with Crippen LogP contribution < -0.4 is 5.32 Å². The first-order valence-corrected chi connectivity index (χ1v) is 12.0. The van der Waals surface area contributed by atoms with E-state index >= 15 is 0 Å². The van der Waals surface area contributed by atoms with E-state index in [2.05, 4.69) is 15.4 Å². The maximum absolute atomic E-state index is 13.1. The first kappa shape index (κ1) is 29.5. The molecule has 0 aliphatic heterocycles. The molecule has 2 heterocycles. The lowest BCUT2D eigenvalue weighted by molar-refractivity contribution is -0.192. The second-order valence-electron chi connectivity index (χ2n) is 8.86. The third-order valence-electron chi connectivity index (χ3n) is 6.06. The van der Waals surface area contributed by atoms with Gasteiger partial charge in [0.05, 0.1) is 16.9 Å². The number of hydrogen-bond donors (Lipinski definition) is 2. The Bertz CT molecular complexity index is 1370. The number of nitrogens with zero attached hydrogens (tertiary/aromatic N) is 3. The van der Waals surface area contributed by atoms with Crippen LogP contribution in [-0.4, -0.2) is 56.0 Å². The predicted molar refractivity (Wildman–Crippen MR) is 134 cm³/mol. The molecule has 39 heavy (non-hydrogen) atoms. The normalized spacial score (nSPS) is 17.0. The lowest BCUT2D eigenvalue weighted by Crippen LogP contribution is -2.27. The van der Waals surface area contributed by atoms with Crippen LogP contribution in [0.25, 0.3) is 5.69 Å². The Morgan fingerprint density at radius 2 is 1.82 bits per heavy atom. The zero-order chi connectivity index (χ0) is 28.9. The van der Waals surface area contributed by atoms with Crippen molar-refractivity contribution in [2.45, 2.75) is 38.8 Å². The summed E-state index contributed by atoms with van der Waals surface area (Å²) in [5, 5.41) is 14.7. The molecule has 2 N–H and O–H groups in total. The Morgan fingerprint density at radius 3 is 2.33 bits per heavy atom. The van der Waals surface area contributed by atoms with Gasteiger partial charge in [-0.25, -0.2) is 9.48 Å². The Balaban J connectivity index is 0.000000532. The number of hydrogen-bond acceptors (Lipinski definition) is 6. The molecular weight excluding hydrogens is 541 g/mol. The summed E-state index contributed by atoms with van der Waals surface area (Å²) in [6.07, 6.45) is 0.341. The van der Waals surface area contributed by atoms with Crippen molar-refractivity contribution in [3.8, 4) is 5.69 Å². The highest BCUT2D eigenvalue weighted by Crippen LogP contribution is 2.37. The molecule has 13 heteroatoms. The fourth-order valence-corrected chi connectivity index (χ4v) is 4.47. The summed E-state index contributed by atoms with van der Waals surface area (Å²) in [5.41, 5.74) is 3.64. The largest absolute Gasteiger partial charge is 0.490 e. The molecule has 1 aliphatic carbocycles. The molecule has 1 amide bonds. The number of carboxylic acid groups (broad SMARTS) is 1. The van der Waals surface area contributed by atoms with Gasteiger partial charge in [0.15, 0.2) is 5.78 Å². The van der Waals surface area contributed by atoms with Crippen LogP contribution >= 0.6 is 11.6 Å². The number of nitrogens with one attached hydrogen (secondary N) is 1. The molecule has 1 aromatic carbocycles. The van der Waals surface area contributed by atoms with Crippen molar-refractivity contribution in [2.24, 2.45) is 5.92 Å². The second-order valence-corrected chi connectivity index (χ2v) is 9.30. The molecule has 1 aliphatic rings. The summed E-state index contributed by atoms with van der Waals surface area (Å²) in [4.78, 5) is 51.0. The first-order valence-electron chi connectivity index (χ1n) is 11.7. The number of aryl methyl sites for hydroxylation is 2. The number of alkyl halides is 3. The number of Topliss-reactive ketones (excluding diaryl/α,β-unsaturated/α-hetero) is 2. The zero-order valence-corrected chi connectivity index (χ0v) is 21.6. The monoisotopic (exact) mass is 564 g/mol. The third kappa shape index (κ3) is 7.29.